The topological polar surface area (TPSA) is 59.2 Å². The van der Waals surface area contributed by atoms with Gasteiger partial charge in [0.25, 0.3) is 5.91 Å². The zero-order valence-corrected chi connectivity index (χ0v) is 18.2. The average Bonchev–Trinajstić information content (AvgIpc) is 3.13. The summed E-state index contributed by atoms with van der Waals surface area (Å²) in [7, 11) is 0. The van der Waals surface area contributed by atoms with E-state index in [9.17, 15) is 4.79 Å². The highest BCUT2D eigenvalue weighted by atomic mass is 32.1. The van der Waals surface area contributed by atoms with Crippen molar-refractivity contribution < 1.29 is 4.79 Å². The molecule has 0 bridgehead atoms. The normalized spacial score (nSPS) is 12.2. The fraction of sp³-hybridized carbons (Fsp3) is 0.333. The summed E-state index contributed by atoms with van der Waals surface area (Å²) in [6.45, 7) is 7.23. The first kappa shape index (κ1) is 21.2. The largest absolute Gasteiger partial charge is 0.329 e. The van der Waals surface area contributed by atoms with Gasteiger partial charge in [0, 0.05) is 19.1 Å². The zero-order chi connectivity index (χ0) is 20.8. The van der Waals surface area contributed by atoms with E-state index in [0.29, 0.717) is 24.7 Å². The quantitative estimate of drug-likeness (QED) is 0.563. The van der Waals surface area contributed by atoms with Gasteiger partial charge in [0.1, 0.15) is 5.69 Å². The molecule has 4 nitrogen and oxygen atoms in total. The highest BCUT2D eigenvalue weighted by molar-refractivity contribution is 7.15. The first-order chi connectivity index (χ1) is 14.0. The van der Waals surface area contributed by atoms with Crippen LogP contribution in [0.2, 0.25) is 0 Å². The molecule has 3 aromatic rings. The molecule has 0 fully saturated rings. The van der Waals surface area contributed by atoms with Crippen LogP contribution in [0.25, 0.3) is 10.4 Å². The second kappa shape index (κ2) is 9.81. The van der Waals surface area contributed by atoms with Gasteiger partial charge in [-0.05, 0) is 30.4 Å². The minimum Gasteiger partial charge on any atom is -0.329 e. The van der Waals surface area contributed by atoms with Gasteiger partial charge in [-0.2, -0.15) is 0 Å². The molecular weight excluding hydrogens is 378 g/mol. The minimum atomic E-state index is -0.0480. The molecule has 0 aliphatic heterocycles. The summed E-state index contributed by atoms with van der Waals surface area (Å²) >= 11 is 1.56. The molecule has 2 aromatic carbocycles. The Morgan fingerprint density at radius 2 is 1.69 bits per heavy atom. The molecule has 1 atom stereocenters. The third-order valence-corrected chi connectivity index (χ3v) is 5.91. The van der Waals surface area contributed by atoms with Crippen LogP contribution in [-0.2, 0) is 6.54 Å². The summed E-state index contributed by atoms with van der Waals surface area (Å²) in [6.07, 6.45) is 0.860. The van der Waals surface area contributed by atoms with E-state index in [2.05, 4.69) is 18.8 Å². The lowest BCUT2D eigenvalue weighted by atomic mass is 10.0. The van der Waals surface area contributed by atoms with Crippen molar-refractivity contribution in [2.45, 2.75) is 39.8 Å². The molecule has 0 saturated heterocycles. The summed E-state index contributed by atoms with van der Waals surface area (Å²) in [5, 5.41) is 0.889. The summed E-state index contributed by atoms with van der Waals surface area (Å²) in [5.74, 6) is 0.397. The van der Waals surface area contributed by atoms with Crippen molar-refractivity contribution in [1.29, 1.82) is 0 Å². The summed E-state index contributed by atoms with van der Waals surface area (Å²) in [5.41, 5.74) is 8.78. The summed E-state index contributed by atoms with van der Waals surface area (Å²) < 4.78 is 0. The molecule has 5 heteroatoms. The van der Waals surface area contributed by atoms with Gasteiger partial charge in [-0.1, -0.05) is 74.5 Å². The van der Waals surface area contributed by atoms with Crippen molar-refractivity contribution in [1.82, 2.24) is 9.88 Å². The number of thiazole rings is 1. The van der Waals surface area contributed by atoms with E-state index in [1.165, 1.54) is 0 Å². The number of aromatic nitrogens is 1. The van der Waals surface area contributed by atoms with Gasteiger partial charge in [0.05, 0.1) is 9.88 Å². The van der Waals surface area contributed by atoms with E-state index in [0.717, 1.165) is 27.4 Å². The van der Waals surface area contributed by atoms with Crippen LogP contribution in [0, 0.1) is 12.8 Å². The first-order valence-electron chi connectivity index (χ1n) is 10.1. The minimum absolute atomic E-state index is 0.0339. The molecule has 0 aliphatic carbocycles. The molecule has 29 heavy (non-hydrogen) atoms. The van der Waals surface area contributed by atoms with Crippen LogP contribution >= 0.6 is 11.3 Å². The van der Waals surface area contributed by atoms with Crippen molar-refractivity contribution >= 4 is 17.2 Å². The van der Waals surface area contributed by atoms with Crippen LogP contribution in [0.1, 0.15) is 41.3 Å². The van der Waals surface area contributed by atoms with E-state index >= 15 is 0 Å². The Morgan fingerprint density at radius 1 is 1.07 bits per heavy atom. The van der Waals surface area contributed by atoms with Crippen LogP contribution in [0.5, 0.6) is 0 Å². The first-order valence-corrected chi connectivity index (χ1v) is 10.9. The van der Waals surface area contributed by atoms with Crippen molar-refractivity contribution in [2.75, 3.05) is 6.54 Å². The number of nitrogens with zero attached hydrogens (tertiary/aromatic N) is 2. The number of rotatable bonds is 8. The number of aryl methyl sites for hydroxylation is 1. The van der Waals surface area contributed by atoms with Crippen molar-refractivity contribution in [3.63, 3.8) is 0 Å². The monoisotopic (exact) mass is 407 g/mol. The fourth-order valence-electron chi connectivity index (χ4n) is 3.53. The van der Waals surface area contributed by atoms with Crippen LogP contribution in [0.3, 0.4) is 0 Å². The van der Waals surface area contributed by atoms with Gasteiger partial charge < -0.3 is 10.6 Å². The molecule has 3 rings (SSSR count). The van der Waals surface area contributed by atoms with Gasteiger partial charge in [0.15, 0.2) is 0 Å². The number of carbonyl (C=O) groups is 1. The molecule has 1 amide bonds. The maximum atomic E-state index is 13.8. The number of nitrogens with two attached hydrogens (primary N) is 1. The Bertz CT molecular complexity index is 922. The number of hydrogen-bond donors (Lipinski definition) is 1. The Labute approximate surface area is 177 Å². The van der Waals surface area contributed by atoms with Crippen LogP contribution in [0.15, 0.2) is 60.7 Å². The predicted octanol–water partition coefficient (Wildman–Crippen LogP) is 5.13. The molecule has 0 spiro atoms. The molecule has 1 aromatic heterocycles. The molecule has 0 saturated carbocycles. The van der Waals surface area contributed by atoms with Crippen molar-refractivity contribution in [3.8, 4) is 10.4 Å². The Hall–Kier alpha value is -2.50. The van der Waals surface area contributed by atoms with Gasteiger partial charge in [-0.25, -0.2) is 4.98 Å². The molecule has 0 radical (unpaired) electrons. The lowest BCUT2D eigenvalue weighted by molar-refractivity contribution is 0.0640. The van der Waals surface area contributed by atoms with Gasteiger partial charge >= 0.3 is 0 Å². The summed E-state index contributed by atoms with van der Waals surface area (Å²) in [4.78, 5) is 21.2. The predicted molar refractivity (Wildman–Crippen MR) is 121 cm³/mol. The van der Waals surface area contributed by atoms with Gasteiger partial charge in [-0.3, -0.25) is 4.79 Å². The number of benzene rings is 2. The molecule has 1 heterocycles. The lowest BCUT2D eigenvalue weighted by Crippen LogP contribution is -2.45. The third-order valence-electron chi connectivity index (χ3n) is 4.89. The molecular formula is C24H29N3OS. The fourth-order valence-corrected chi connectivity index (χ4v) is 4.45. The van der Waals surface area contributed by atoms with Crippen LogP contribution in [-0.4, -0.2) is 28.4 Å². The number of carbonyl (C=O) groups excluding carboxylic acids is 1. The molecule has 152 valence electrons. The standard InChI is InChI=1S/C24H29N3OS/c1-17(2)14-21(15-25)27(16-19-10-6-4-7-11-19)24(28)22-23(29-18(3)26-22)20-12-8-5-9-13-20/h4-13,17,21H,14-16,25H2,1-3H3/t21-/m1/s1. The van der Waals surface area contributed by atoms with Crippen molar-refractivity contribution in [3.05, 3.63) is 76.9 Å². The molecule has 2 N–H and O–H groups in total. The third kappa shape index (κ3) is 5.31. The summed E-state index contributed by atoms with van der Waals surface area (Å²) in [6, 6.07) is 20.1. The maximum absolute atomic E-state index is 13.8. The smallest absolute Gasteiger partial charge is 0.274 e. The van der Waals surface area contributed by atoms with E-state index in [-0.39, 0.29) is 11.9 Å². The second-order valence-electron chi connectivity index (χ2n) is 7.71. The second-order valence-corrected chi connectivity index (χ2v) is 8.92. The molecule has 0 unspecified atom stereocenters. The Morgan fingerprint density at radius 3 is 2.28 bits per heavy atom. The van der Waals surface area contributed by atoms with Gasteiger partial charge in [0.2, 0.25) is 0 Å². The molecule has 0 aliphatic rings. The number of amides is 1. The van der Waals surface area contributed by atoms with E-state index in [4.69, 9.17) is 5.73 Å². The van der Waals surface area contributed by atoms with Gasteiger partial charge in [-0.15, -0.1) is 11.3 Å². The van der Waals surface area contributed by atoms with E-state index in [1.54, 1.807) is 11.3 Å². The van der Waals surface area contributed by atoms with Crippen LogP contribution < -0.4 is 5.73 Å². The van der Waals surface area contributed by atoms with Crippen LogP contribution in [0.4, 0.5) is 0 Å². The highest BCUT2D eigenvalue weighted by Crippen LogP contribution is 2.32. The van der Waals surface area contributed by atoms with E-state index < -0.39 is 0 Å². The lowest BCUT2D eigenvalue weighted by Gasteiger charge is -2.32. The average molecular weight is 408 g/mol. The zero-order valence-electron chi connectivity index (χ0n) is 17.3. The Kier molecular flexibility index (Phi) is 7.18. The Balaban J connectivity index is 2.00. The SMILES string of the molecule is Cc1nc(C(=O)N(Cc2ccccc2)[C@@H](CN)CC(C)C)c(-c2ccccc2)s1. The van der Waals surface area contributed by atoms with Crippen molar-refractivity contribution in [2.24, 2.45) is 11.7 Å². The highest BCUT2D eigenvalue weighted by Gasteiger charge is 2.29. The number of hydrogen-bond acceptors (Lipinski definition) is 4. The maximum Gasteiger partial charge on any atom is 0.274 e. The van der Waals surface area contributed by atoms with E-state index in [1.807, 2.05) is 72.5 Å².